The third kappa shape index (κ3) is 1.94. The highest BCUT2D eigenvalue weighted by Gasteiger charge is 2.18. The van der Waals surface area contributed by atoms with Crippen LogP contribution in [0.15, 0.2) is 41.8 Å². The number of thiophene rings is 1. The highest BCUT2D eigenvalue weighted by atomic mass is 32.1. The third-order valence-corrected chi connectivity index (χ3v) is 4.14. The van der Waals surface area contributed by atoms with E-state index in [1.165, 1.54) is 5.56 Å². The van der Waals surface area contributed by atoms with E-state index in [1.54, 1.807) is 16.0 Å². The first-order valence-electron chi connectivity index (χ1n) is 6.11. The summed E-state index contributed by atoms with van der Waals surface area (Å²) in [5.41, 5.74) is 10.6. The molecule has 0 atom stereocenters. The molecule has 0 saturated carbocycles. The number of aryl methyl sites for hydroxylation is 2. The fourth-order valence-electron chi connectivity index (χ4n) is 2.24. The van der Waals surface area contributed by atoms with Crippen molar-refractivity contribution in [3.63, 3.8) is 0 Å². The Labute approximate surface area is 116 Å². The molecule has 2 heterocycles. The van der Waals surface area contributed by atoms with E-state index in [0.29, 0.717) is 5.82 Å². The van der Waals surface area contributed by atoms with Gasteiger partial charge in [0.1, 0.15) is 11.5 Å². The second kappa shape index (κ2) is 4.55. The highest BCUT2D eigenvalue weighted by molar-refractivity contribution is 7.13. The average molecular weight is 269 g/mol. The number of nitrogens with two attached hydrogens (primary N) is 1. The maximum atomic E-state index is 6.22. The first-order valence-corrected chi connectivity index (χ1v) is 6.99. The first-order chi connectivity index (χ1) is 9.18. The number of aromatic nitrogens is 2. The zero-order valence-electron chi connectivity index (χ0n) is 10.9. The first kappa shape index (κ1) is 12.0. The molecule has 0 aliphatic carbocycles. The summed E-state index contributed by atoms with van der Waals surface area (Å²) in [6.07, 6.45) is 0. The van der Waals surface area contributed by atoms with Crippen molar-refractivity contribution in [3.8, 4) is 21.7 Å². The number of anilines is 1. The summed E-state index contributed by atoms with van der Waals surface area (Å²) in [6, 6.07) is 12.4. The molecule has 0 unspecified atom stereocenters. The second-order valence-corrected chi connectivity index (χ2v) is 5.47. The molecule has 0 saturated heterocycles. The lowest BCUT2D eigenvalue weighted by Gasteiger charge is -2.06. The molecule has 3 rings (SSSR count). The van der Waals surface area contributed by atoms with Gasteiger partial charge in [0.25, 0.3) is 0 Å². The Morgan fingerprint density at radius 2 is 1.95 bits per heavy atom. The minimum absolute atomic E-state index is 0.706. The van der Waals surface area contributed by atoms with E-state index in [1.807, 2.05) is 25.2 Å². The van der Waals surface area contributed by atoms with Crippen LogP contribution in [0, 0.1) is 6.92 Å². The minimum Gasteiger partial charge on any atom is -0.383 e. The van der Waals surface area contributed by atoms with Gasteiger partial charge in [0.2, 0.25) is 0 Å². The predicted molar refractivity (Wildman–Crippen MR) is 81.1 cm³/mol. The molecular weight excluding hydrogens is 254 g/mol. The molecule has 4 heteroatoms. The molecule has 19 heavy (non-hydrogen) atoms. The molecule has 0 bridgehead atoms. The summed E-state index contributed by atoms with van der Waals surface area (Å²) in [6.45, 7) is 2.10. The number of rotatable bonds is 2. The molecule has 0 aliphatic rings. The van der Waals surface area contributed by atoms with E-state index in [0.717, 1.165) is 21.7 Å². The van der Waals surface area contributed by atoms with Gasteiger partial charge in [-0.25, -0.2) is 0 Å². The molecular formula is C15H15N3S. The Morgan fingerprint density at radius 3 is 2.63 bits per heavy atom. The molecule has 96 valence electrons. The van der Waals surface area contributed by atoms with Gasteiger partial charge >= 0.3 is 0 Å². The van der Waals surface area contributed by atoms with Crippen molar-refractivity contribution in [1.82, 2.24) is 9.78 Å². The number of nitrogen functional groups attached to an aromatic ring is 1. The van der Waals surface area contributed by atoms with Crippen molar-refractivity contribution in [2.75, 3.05) is 5.73 Å². The molecule has 1 aromatic carbocycles. The summed E-state index contributed by atoms with van der Waals surface area (Å²) >= 11 is 1.68. The molecule has 2 N–H and O–H groups in total. The van der Waals surface area contributed by atoms with Crippen LogP contribution < -0.4 is 5.73 Å². The van der Waals surface area contributed by atoms with Gasteiger partial charge in [0, 0.05) is 7.05 Å². The van der Waals surface area contributed by atoms with Gasteiger partial charge in [-0.2, -0.15) is 5.10 Å². The van der Waals surface area contributed by atoms with Crippen molar-refractivity contribution >= 4 is 17.2 Å². The number of hydrogen-bond acceptors (Lipinski definition) is 3. The minimum atomic E-state index is 0.706. The smallest absolute Gasteiger partial charge is 0.129 e. The Kier molecular flexibility index (Phi) is 2.87. The van der Waals surface area contributed by atoms with Crippen LogP contribution in [-0.2, 0) is 7.05 Å². The van der Waals surface area contributed by atoms with Crippen LogP contribution >= 0.6 is 11.3 Å². The maximum Gasteiger partial charge on any atom is 0.129 e. The molecule has 3 nitrogen and oxygen atoms in total. The summed E-state index contributed by atoms with van der Waals surface area (Å²) in [4.78, 5) is 1.14. The van der Waals surface area contributed by atoms with Crippen LogP contribution in [0.2, 0.25) is 0 Å². The van der Waals surface area contributed by atoms with Crippen LogP contribution in [0.5, 0.6) is 0 Å². The van der Waals surface area contributed by atoms with E-state index in [4.69, 9.17) is 5.73 Å². The van der Waals surface area contributed by atoms with E-state index in [9.17, 15) is 0 Å². The van der Waals surface area contributed by atoms with Crippen LogP contribution in [0.1, 0.15) is 5.56 Å². The van der Waals surface area contributed by atoms with Crippen LogP contribution in [0.4, 0.5) is 5.82 Å². The molecule has 0 fully saturated rings. The monoisotopic (exact) mass is 269 g/mol. The third-order valence-electron chi connectivity index (χ3n) is 3.26. The van der Waals surface area contributed by atoms with Gasteiger partial charge in [-0.3, -0.25) is 4.68 Å². The molecule has 2 aromatic heterocycles. The Morgan fingerprint density at radius 1 is 1.16 bits per heavy atom. The largest absolute Gasteiger partial charge is 0.383 e. The van der Waals surface area contributed by atoms with Gasteiger partial charge < -0.3 is 5.73 Å². The summed E-state index contributed by atoms with van der Waals surface area (Å²) in [7, 11) is 1.88. The number of benzene rings is 1. The van der Waals surface area contributed by atoms with Crippen molar-refractivity contribution in [1.29, 1.82) is 0 Å². The van der Waals surface area contributed by atoms with Crippen molar-refractivity contribution in [2.45, 2.75) is 6.92 Å². The fraction of sp³-hybridized carbons (Fsp3) is 0.133. The van der Waals surface area contributed by atoms with Crippen LogP contribution in [0.25, 0.3) is 21.7 Å². The van der Waals surface area contributed by atoms with Gasteiger partial charge in [-0.05, 0) is 29.5 Å². The standard InChI is InChI=1S/C15H15N3S/c1-10-6-3-4-7-11(10)13-14(12-8-5-9-19-12)17-18(2)15(13)16/h3-9H,16H2,1-2H3. The Balaban J connectivity index is 2.29. The number of hydrogen-bond donors (Lipinski definition) is 1. The summed E-state index contributed by atoms with van der Waals surface area (Å²) in [5.74, 6) is 0.706. The molecule has 0 amide bonds. The van der Waals surface area contributed by atoms with Gasteiger partial charge in [-0.15, -0.1) is 11.3 Å². The normalized spacial score (nSPS) is 10.8. The van der Waals surface area contributed by atoms with E-state index < -0.39 is 0 Å². The van der Waals surface area contributed by atoms with E-state index in [2.05, 4.69) is 35.6 Å². The van der Waals surface area contributed by atoms with Crippen molar-refractivity contribution in [2.24, 2.45) is 7.05 Å². The number of nitrogens with zero attached hydrogens (tertiary/aromatic N) is 2. The lowest BCUT2D eigenvalue weighted by molar-refractivity contribution is 0.783. The van der Waals surface area contributed by atoms with Gasteiger partial charge in [0.05, 0.1) is 10.4 Å². The topological polar surface area (TPSA) is 43.8 Å². The zero-order valence-corrected chi connectivity index (χ0v) is 11.7. The summed E-state index contributed by atoms with van der Waals surface area (Å²) < 4.78 is 1.75. The molecule has 0 radical (unpaired) electrons. The SMILES string of the molecule is Cc1ccccc1-c1c(-c2cccs2)nn(C)c1N. The molecule has 0 aliphatic heterocycles. The van der Waals surface area contributed by atoms with E-state index in [-0.39, 0.29) is 0 Å². The average Bonchev–Trinajstić information content (AvgIpc) is 3.01. The molecule has 0 spiro atoms. The summed E-state index contributed by atoms with van der Waals surface area (Å²) in [5, 5.41) is 6.63. The van der Waals surface area contributed by atoms with Crippen LogP contribution in [0.3, 0.4) is 0 Å². The maximum absolute atomic E-state index is 6.22. The quantitative estimate of drug-likeness (QED) is 0.770. The lowest BCUT2D eigenvalue weighted by atomic mass is 10.00. The van der Waals surface area contributed by atoms with E-state index >= 15 is 0 Å². The zero-order chi connectivity index (χ0) is 13.4. The highest BCUT2D eigenvalue weighted by Crippen LogP contribution is 2.38. The van der Waals surface area contributed by atoms with Crippen molar-refractivity contribution < 1.29 is 0 Å². The Bertz CT molecular complexity index is 711. The predicted octanol–water partition coefficient (Wildman–Crippen LogP) is 3.71. The van der Waals surface area contributed by atoms with Gasteiger partial charge in [-0.1, -0.05) is 30.3 Å². The lowest BCUT2D eigenvalue weighted by Crippen LogP contribution is -1.98. The Hall–Kier alpha value is -2.07. The van der Waals surface area contributed by atoms with Crippen LogP contribution in [-0.4, -0.2) is 9.78 Å². The van der Waals surface area contributed by atoms with Gasteiger partial charge in [0.15, 0.2) is 0 Å². The molecule has 3 aromatic rings. The van der Waals surface area contributed by atoms with Crippen molar-refractivity contribution in [3.05, 3.63) is 47.3 Å². The second-order valence-electron chi connectivity index (χ2n) is 4.52. The fourth-order valence-corrected chi connectivity index (χ4v) is 2.96.